The van der Waals surface area contributed by atoms with E-state index in [2.05, 4.69) is 40.3 Å². The van der Waals surface area contributed by atoms with E-state index in [-0.39, 0.29) is 35.4 Å². The Morgan fingerprint density at radius 2 is 0.875 bits per heavy atom. The summed E-state index contributed by atoms with van der Waals surface area (Å²) in [6.07, 6.45) is 11.6. The molecular weight excluding hydrogens is 965 g/mol. The maximum atomic E-state index is 13.6. The van der Waals surface area contributed by atoms with Gasteiger partial charge in [-0.1, -0.05) is 26.0 Å². The third kappa shape index (κ3) is 11.9. The van der Waals surface area contributed by atoms with Crippen molar-refractivity contribution in [1.82, 2.24) is 49.5 Å². The molecule has 2 aliphatic heterocycles. The van der Waals surface area contributed by atoms with Crippen LogP contribution in [0.2, 0.25) is 0 Å². The molecule has 0 radical (unpaired) electrons. The monoisotopic (exact) mass is 1030 g/mol. The summed E-state index contributed by atoms with van der Waals surface area (Å²) >= 11 is 0. The van der Waals surface area contributed by atoms with Crippen molar-refractivity contribution in [1.29, 1.82) is 0 Å². The van der Waals surface area contributed by atoms with Gasteiger partial charge in [-0.3, -0.25) is 9.13 Å². The van der Waals surface area contributed by atoms with E-state index in [1.165, 1.54) is 0 Å². The molecule has 72 heavy (non-hydrogen) atoms. The second-order valence-electron chi connectivity index (χ2n) is 18.2. The average Bonchev–Trinajstić information content (AvgIpc) is 4.01. The predicted octanol–water partition coefficient (Wildman–Crippen LogP) is 7.46. The highest BCUT2D eigenvalue weighted by Gasteiger charge is 2.36. The van der Waals surface area contributed by atoms with Gasteiger partial charge in [-0.15, -0.1) is 20.4 Å². The Hall–Kier alpha value is -6.10. The highest BCUT2D eigenvalue weighted by Crippen LogP contribution is 2.40. The SMILES string of the molecule is COc1cccc(OC)c1-n1c(CS(=O)(=O)[C@@H](C)[C@H](C)c2ncc(C)cn2)nnc1[C@@H]1CCCCO1.COc1cccc(OC)c1-n1c(CS(=O)(=O)[C@@H](C)[C@H](C)c2ncc(C)cn2)nnc1[C@H]1CCCCO1. The van der Waals surface area contributed by atoms with Crippen LogP contribution in [0.4, 0.5) is 0 Å². The van der Waals surface area contributed by atoms with Gasteiger partial charge < -0.3 is 28.4 Å². The predicted molar refractivity (Wildman–Crippen MR) is 269 cm³/mol. The van der Waals surface area contributed by atoms with Crippen LogP contribution in [0.3, 0.4) is 0 Å². The third-order valence-electron chi connectivity index (χ3n) is 13.3. The molecule has 8 rings (SSSR count). The maximum absolute atomic E-state index is 13.6. The topological polar surface area (TPSA) is 237 Å². The van der Waals surface area contributed by atoms with Gasteiger partial charge in [0.15, 0.2) is 43.0 Å². The zero-order valence-corrected chi connectivity index (χ0v) is 44.3. The van der Waals surface area contributed by atoms with Gasteiger partial charge in [0.1, 0.15) is 69.7 Å². The van der Waals surface area contributed by atoms with Gasteiger partial charge in [0.25, 0.3) is 0 Å². The zero-order chi connectivity index (χ0) is 51.7. The van der Waals surface area contributed by atoms with Crippen LogP contribution >= 0.6 is 0 Å². The zero-order valence-electron chi connectivity index (χ0n) is 42.7. The molecule has 0 unspecified atom stereocenters. The Morgan fingerprint density at radius 3 is 1.17 bits per heavy atom. The lowest BCUT2D eigenvalue weighted by Crippen LogP contribution is -2.28. The average molecular weight is 1030 g/mol. The summed E-state index contributed by atoms with van der Waals surface area (Å²) in [7, 11) is -1.14. The number of nitrogens with zero attached hydrogens (tertiary/aromatic N) is 10. The van der Waals surface area contributed by atoms with Crippen LogP contribution in [0, 0.1) is 13.8 Å². The largest absolute Gasteiger partial charge is 0.494 e. The molecule has 22 heteroatoms. The van der Waals surface area contributed by atoms with Gasteiger partial charge in [-0.25, -0.2) is 36.8 Å². The van der Waals surface area contributed by atoms with Gasteiger partial charge in [-0.2, -0.15) is 0 Å². The van der Waals surface area contributed by atoms with Gasteiger partial charge in [0, 0.05) is 49.8 Å². The summed E-state index contributed by atoms with van der Waals surface area (Å²) in [6.45, 7) is 12.0. The fourth-order valence-electron chi connectivity index (χ4n) is 8.68. The Balaban J connectivity index is 0.000000211. The van der Waals surface area contributed by atoms with E-state index in [0.717, 1.165) is 49.7 Å². The molecule has 0 bridgehead atoms. The minimum atomic E-state index is -3.68. The number of aromatic nitrogens is 10. The molecule has 6 heterocycles. The first-order valence-electron chi connectivity index (χ1n) is 24.1. The summed E-state index contributed by atoms with van der Waals surface area (Å²) in [4.78, 5) is 17.3. The minimum absolute atomic E-state index is 0.269. The molecular formula is C50H66N10O10S2. The molecule has 0 spiro atoms. The normalized spacial score (nSPS) is 18.0. The lowest BCUT2D eigenvalue weighted by molar-refractivity contribution is 0.00820. The van der Waals surface area contributed by atoms with Crippen molar-refractivity contribution < 1.29 is 45.3 Å². The van der Waals surface area contributed by atoms with Crippen molar-refractivity contribution in [3.8, 4) is 34.4 Å². The van der Waals surface area contributed by atoms with Crippen molar-refractivity contribution in [2.24, 2.45) is 0 Å². The summed E-state index contributed by atoms with van der Waals surface area (Å²) < 4.78 is 92.5. The number of sulfone groups is 2. The standard InChI is InChI=1S/2C25H33N5O5S/c2*1-16-13-26-24(27-14-16)17(2)18(3)36(31,32)15-22-28-29-25(21-9-6-7-12-35-21)30(22)23-19(33-4)10-8-11-20(23)34-5/h2*8,10-11,13-14,17-18,21H,6-7,9,12,15H2,1-5H3/t17-,18-,21+;17-,18-,21-/m00/s1. The van der Waals surface area contributed by atoms with Crippen LogP contribution in [0.5, 0.6) is 23.0 Å². The number of hydrogen-bond acceptors (Lipinski definition) is 18. The Labute approximate surface area is 422 Å². The van der Waals surface area contributed by atoms with E-state index in [1.807, 2.05) is 39.8 Å². The van der Waals surface area contributed by atoms with Crippen LogP contribution in [0.25, 0.3) is 11.4 Å². The second-order valence-corrected chi connectivity index (χ2v) is 22.9. The van der Waals surface area contributed by atoms with Crippen LogP contribution in [-0.2, 0) is 40.7 Å². The number of aryl methyl sites for hydroxylation is 2. The highest BCUT2D eigenvalue weighted by molar-refractivity contribution is 7.91. The smallest absolute Gasteiger partial charge is 0.167 e. The summed E-state index contributed by atoms with van der Waals surface area (Å²) in [5, 5.41) is 16.0. The molecule has 0 amide bonds. The van der Waals surface area contributed by atoms with Gasteiger partial charge in [0.2, 0.25) is 0 Å². The first kappa shape index (κ1) is 53.7. The van der Waals surface area contributed by atoms with E-state index in [9.17, 15) is 16.8 Å². The van der Waals surface area contributed by atoms with E-state index in [0.29, 0.717) is 70.9 Å². The number of methoxy groups -OCH3 is 4. The van der Waals surface area contributed by atoms with Crippen LogP contribution in [0.15, 0.2) is 61.2 Å². The first-order valence-corrected chi connectivity index (χ1v) is 27.5. The fraction of sp³-hybridized carbons (Fsp3) is 0.520. The number of rotatable bonds is 18. The highest BCUT2D eigenvalue weighted by atomic mass is 32.2. The quantitative estimate of drug-likeness (QED) is 0.0812. The molecule has 20 nitrogen and oxygen atoms in total. The van der Waals surface area contributed by atoms with Crippen molar-refractivity contribution in [2.45, 2.75) is 126 Å². The second kappa shape index (κ2) is 23.6. The van der Waals surface area contributed by atoms with E-state index in [4.69, 9.17) is 28.4 Å². The van der Waals surface area contributed by atoms with Crippen LogP contribution in [-0.4, -0.2) is 118 Å². The molecule has 0 saturated carbocycles. The van der Waals surface area contributed by atoms with Gasteiger partial charge in [-0.05, 0) is 102 Å². The van der Waals surface area contributed by atoms with Crippen molar-refractivity contribution in [3.63, 3.8) is 0 Å². The van der Waals surface area contributed by atoms with Crippen molar-refractivity contribution in [3.05, 3.63) is 107 Å². The van der Waals surface area contributed by atoms with Crippen molar-refractivity contribution in [2.75, 3.05) is 41.7 Å². The Morgan fingerprint density at radius 1 is 0.542 bits per heavy atom. The molecule has 388 valence electrons. The van der Waals surface area contributed by atoms with Crippen LogP contribution < -0.4 is 18.9 Å². The Bertz CT molecular complexity index is 2730. The molecule has 6 aromatic rings. The first-order chi connectivity index (χ1) is 34.5. The number of hydrogen-bond donors (Lipinski definition) is 0. The summed E-state index contributed by atoms with van der Waals surface area (Å²) in [6, 6.07) is 10.8. The fourth-order valence-corrected chi connectivity index (χ4v) is 11.8. The lowest BCUT2D eigenvalue weighted by atomic mass is 10.1. The number of benzene rings is 2. The van der Waals surface area contributed by atoms with E-state index >= 15 is 0 Å². The minimum Gasteiger partial charge on any atom is -0.494 e. The molecule has 4 aromatic heterocycles. The molecule has 2 fully saturated rings. The molecule has 0 N–H and O–H groups in total. The number of para-hydroxylation sites is 2. The van der Waals surface area contributed by atoms with Gasteiger partial charge >= 0.3 is 0 Å². The van der Waals surface area contributed by atoms with E-state index in [1.54, 1.807) is 100 Å². The molecule has 2 saturated heterocycles. The third-order valence-corrected chi connectivity index (χ3v) is 17.7. The lowest BCUT2D eigenvalue weighted by Gasteiger charge is -2.24. The van der Waals surface area contributed by atoms with E-state index < -0.39 is 42.0 Å². The molecule has 2 aliphatic rings. The van der Waals surface area contributed by atoms with Crippen LogP contribution in [0.1, 0.15) is 136 Å². The maximum Gasteiger partial charge on any atom is 0.167 e. The number of ether oxygens (including phenoxy) is 6. The molecule has 6 atom stereocenters. The Kier molecular flexibility index (Phi) is 17.6. The van der Waals surface area contributed by atoms with Gasteiger partial charge in [0.05, 0.1) is 38.9 Å². The molecule has 0 aliphatic carbocycles. The summed E-state index contributed by atoms with van der Waals surface area (Å²) in [5.41, 5.74) is 2.92. The van der Waals surface area contributed by atoms with Crippen molar-refractivity contribution >= 4 is 19.7 Å². The summed E-state index contributed by atoms with van der Waals surface area (Å²) in [5.74, 6) is 3.16. The molecule has 2 aromatic carbocycles.